The lowest BCUT2D eigenvalue weighted by Gasteiger charge is -2.25. The van der Waals surface area contributed by atoms with Crippen LogP contribution in [0.4, 0.5) is 4.39 Å². The van der Waals surface area contributed by atoms with Gasteiger partial charge in [0.25, 0.3) is 0 Å². The van der Waals surface area contributed by atoms with Crippen LogP contribution < -0.4 is 0 Å². The monoisotopic (exact) mass is 360 g/mol. The smallest absolute Gasteiger partial charge is 0.229 e. The zero-order valence-electron chi connectivity index (χ0n) is 15.3. The largest absolute Gasteiger partial charge is 0.441 e. The highest BCUT2D eigenvalue weighted by atomic mass is 19.1. The molecule has 1 aromatic heterocycles. The Bertz CT molecular complexity index is 753. The van der Waals surface area contributed by atoms with Gasteiger partial charge in [-0.05, 0) is 44.7 Å². The fourth-order valence-corrected chi connectivity index (χ4v) is 3.12. The lowest BCUT2D eigenvalue weighted by molar-refractivity contribution is -0.129. The van der Waals surface area contributed by atoms with Crippen molar-refractivity contribution in [1.82, 2.24) is 9.88 Å². The molecule has 0 saturated carbocycles. The zero-order valence-corrected chi connectivity index (χ0v) is 15.3. The summed E-state index contributed by atoms with van der Waals surface area (Å²) in [5.74, 6) is 0.329. The summed E-state index contributed by atoms with van der Waals surface area (Å²) < 4.78 is 25.2. The second-order valence-corrected chi connectivity index (χ2v) is 6.77. The topological polar surface area (TPSA) is 55.6 Å². The van der Waals surface area contributed by atoms with Crippen molar-refractivity contribution < 1.29 is 18.3 Å². The molecule has 0 radical (unpaired) electrons. The summed E-state index contributed by atoms with van der Waals surface area (Å²) in [7, 11) is 1.79. The fourth-order valence-electron chi connectivity index (χ4n) is 3.12. The van der Waals surface area contributed by atoms with Gasteiger partial charge in [0.15, 0.2) is 0 Å². The first-order chi connectivity index (χ1) is 12.5. The zero-order chi connectivity index (χ0) is 18.5. The van der Waals surface area contributed by atoms with E-state index in [4.69, 9.17) is 9.15 Å². The van der Waals surface area contributed by atoms with Crippen LogP contribution in [0, 0.1) is 12.7 Å². The quantitative estimate of drug-likeness (QED) is 0.787. The van der Waals surface area contributed by atoms with Crippen molar-refractivity contribution in [1.29, 1.82) is 0 Å². The van der Waals surface area contributed by atoms with Gasteiger partial charge in [0.1, 0.15) is 11.6 Å². The first-order valence-electron chi connectivity index (χ1n) is 9.11. The SMILES string of the molecule is Cc1oc(-c2ccccc2F)nc1CC(=O)N(C)CCC1CCCCO1. The Morgan fingerprint density at radius 3 is 2.88 bits per heavy atom. The molecule has 6 heteroatoms. The van der Waals surface area contributed by atoms with Crippen LogP contribution in [0.15, 0.2) is 28.7 Å². The van der Waals surface area contributed by atoms with E-state index >= 15 is 0 Å². The van der Waals surface area contributed by atoms with Gasteiger partial charge in [-0.2, -0.15) is 0 Å². The van der Waals surface area contributed by atoms with E-state index in [2.05, 4.69) is 4.98 Å². The van der Waals surface area contributed by atoms with E-state index in [9.17, 15) is 9.18 Å². The summed E-state index contributed by atoms with van der Waals surface area (Å²) in [5, 5.41) is 0. The van der Waals surface area contributed by atoms with Gasteiger partial charge in [0.05, 0.1) is 23.8 Å². The van der Waals surface area contributed by atoms with Gasteiger partial charge < -0.3 is 14.1 Å². The molecule has 0 bridgehead atoms. The average molecular weight is 360 g/mol. The maximum atomic E-state index is 13.9. The average Bonchev–Trinajstić information content (AvgIpc) is 3.01. The minimum absolute atomic E-state index is 0.0303. The third kappa shape index (κ3) is 4.49. The Labute approximate surface area is 153 Å². The van der Waals surface area contributed by atoms with Gasteiger partial charge in [0.2, 0.25) is 11.8 Å². The summed E-state index contributed by atoms with van der Waals surface area (Å²) >= 11 is 0. The normalized spacial score (nSPS) is 17.3. The minimum atomic E-state index is -0.392. The van der Waals surface area contributed by atoms with Crippen molar-refractivity contribution in [2.75, 3.05) is 20.2 Å². The van der Waals surface area contributed by atoms with Gasteiger partial charge in [-0.3, -0.25) is 4.79 Å². The minimum Gasteiger partial charge on any atom is -0.441 e. The standard InChI is InChI=1S/C20H25FN2O3/c1-14-18(22-20(26-14)16-8-3-4-9-17(16)21)13-19(24)23(2)11-10-15-7-5-6-12-25-15/h3-4,8-9,15H,5-7,10-13H2,1-2H3. The highest BCUT2D eigenvalue weighted by Gasteiger charge is 2.20. The molecule has 0 aliphatic carbocycles. The van der Waals surface area contributed by atoms with Crippen molar-refractivity contribution in [3.63, 3.8) is 0 Å². The van der Waals surface area contributed by atoms with E-state index in [0.717, 1.165) is 25.9 Å². The highest BCUT2D eigenvalue weighted by molar-refractivity contribution is 5.78. The molecule has 1 amide bonds. The molecular weight excluding hydrogens is 335 g/mol. The van der Waals surface area contributed by atoms with E-state index in [1.807, 2.05) is 0 Å². The number of ether oxygens (including phenoxy) is 1. The molecule has 2 aromatic rings. The first kappa shape index (κ1) is 18.6. The third-order valence-corrected chi connectivity index (χ3v) is 4.80. The number of benzene rings is 1. The van der Waals surface area contributed by atoms with Crippen LogP contribution in [0.2, 0.25) is 0 Å². The van der Waals surface area contributed by atoms with Crippen molar-refractivity contribution >= 4 is 5.91 Å². The summed E-state index contributed by atoms with van der Waals surface area (Å²) in [6.07, 6.45) is 4.63. The van der Waals surface area contributed by atoms with Crippen molar-refractivity contribution in [3.05, 3.63) is 41.5 Å². The Balaban J connectivity index is 1.59. The highest BCUT2D eigenvalue weighted by Crippen LogP contribution is 2.24. The number of likely N-dealkylation sites (N-methyl/N-ethyl adjacent to an activating group) is 1. The molecule has 1 unspecified atom stereocenters. The Hall–Kier alpha value is -2.21. The number of carbonyl (C=O) groups excluding carboxylic acids is 1. The van der Waals surface area contributed by atoms with E-state index in [-0.39, 0.29) is 24.3 Å². The molecule has 0 N–H and O–H groups in total. The molecule has 26 heavy (non-hydrogen) atoms. The molecule has 1 atom stereocenters. The maximum absolute atomic E-state index is 13.9. The number of halogens is 1. The molecule has 140 valence electrons. The number of rotatable bonds is 6. The number of amides is 1. The van der Waals surface area contributed by atoms with Crippen molar-refractivity contribution in [2.45, 2.75) is 45.1 Å². The van der Waals surface area contributed by atoms with Crippen LogP contribution in [0.1, 0.15) is 37.1 Å². The Morgan fingerprint density at radius 1 is 1.35 bits per heavy atom. The molecular formula is C20H25FN2O3. The van der Waals surface area contributed by atoms with Crippen LogP contribution in [-0.4, -0.2) is 42.1 Å². The lowest BCUT2D eigenvalue weighted by atomic mass is 10.1. The van der Waals surface area contributed by atoms with Gasteiger partial charge >= 0.3 is 0 Å². The van der Waals surface area contributed by atoms with Crippen LogP contribution in [0.5, 0.6) is 0 Å². The lowest BCUT2D eigenvalue weighted by Crippen LogP contribution is -2.32. The predicted molar refractivity (Wildman–Crippen MR) is 96.2 cm³/mol. The van der Waals surface area contributed by atoms with E-state index in [1.54, 1.807) is 37.1 Å². The van der Waals surface area contributed by atoms with Crippen molar-refractivity contribution in [2.24, 2.45) is 0 Å². The van der Waals surface area contributed by atoms with Crippen LogP contribution in [-0.2, 0) is 16.0 Å². The van der Waals surface area contributed by atoms with Crippen LogP contribution in [0.3, 0.4) is 0 Å². The van der Waals surface area contributed by atoms with Gasteiger partial charge in [0, 0.05) is 20.2 Å². The molecule has 2 heterocycles. The summed E-state index contributed by atoms with van der Waals surface area (Å²) in [5.41, 5.74) is 0.853. The predicted octanol–water partition coefficient (Wildman–Crippen LogP) is 3.75. The second kappa shape index (κ2) is 8.45. The molecule has 3 rings (SSSR count). The molecule has 1 aromatic carbocycles. The Morgan fingerprint density at radius 2 is 2.15 bits per heavy atom. The summed E-state index contributed by atoms with van der Waals surface area (Å²) in [4.78, 5) is 18.5. The first-order valence-corrected chi connectivity index (χ1v) is 9.11. The van der Waals surface area contributed by atoms with Crippen LogP contribution in [0.25, 0.3) is 11.5 Å². The molecule has 5 nitrogen and oxygen atoms in total. The molecule has 1 aliphatic heterocycles. The maximum Gasteiger partial charge on any atom is 0.229 e. The molecule has 0 spiro atoms. The Kier molecular flexibility index (Phi) is 6.04. The van der Waals surface area contributed by atoms with Gasteiger partial charge in [-0.15, -0.1) is 0 Å². The van der Waals surface area contributed by atoms with Gasteiger partial charge in [-0.1, -0.05) is 12.1 Å². The summed E-state index contributed by atoms with van der Waals surface area (Å²) in [6.45, 7) is 3.22. The van der Waals surface area contributed by atoms with Gasteiger partial charge in [-0.25, -0.2) is 9.37 Å². The number of nitrogens with zero attached hydrogens (tertiary/aromatic N) is 2. The number of hydrogen-bond acceptors (Lipinski definition) is 4. The number of carbonyl (C=O) groups is 1. The number of aromatic nitrogens is 1. The molecule has 1 saturated heterocycles. The summed E-state index contributed by atoms with van der Waals surface area (Å²) in [6, 6.07) is 6.32. The van der Waals surface area contributed by atoms with E-state index in [1.165, 1.54) is 12.5 Å². The molecule has 1 fully saturated rings. The van der Waals surface area contributed by atoms with E-state index < -0.39 is 5.82 Å². The number of oxazole rings is 1. The fraction of sp³-hybridized carbons (Fsp3) is 0.500. The van der Waals surface area contributed by atoms with Crippen molar-refractivity contribution in [3.8, 4) is 11.5 Å². The number of hydrogen-bond donors (Lipinski definition) is 0. The van der Waals surface area contributed by atoms with E-state index in [0.29, 0.717) is 23.6 Å². The third-order valence-electron chi connectivity index (χ3n) is 4.80. The van der Waals surface area contributed by atoms with Crippen LogP contribution >= 0.6 is 0 Å². The number of aryl methyl sites for hydroxylation is 1. The molecule has 1 aliphatic rings. The second-order valence-electron chi connectivity index (χ2n) is 6.77.